The molecule has 2 heterocycles. The molecule has 2 aromatic carbocycles. The Morgan fingerprint density at radius 1 is 1.30 bits per heavy atom. The first-order valence-electron chi connectivity index (χ1n) is 10.0. The van der Waals surface area contributed by atoms with Crippen LogP contribution in [0.4, 0.5) is 11.4 Å². The van der Waals surface area contributed by atoms with Crippen LogP contribution in [0.15, 0.2) is 36.4 Å². The number of ether oxygens (including phenoxy) is 3. The fourth-order valence-electron chi connectivity index (χ4n) is 3.50. The Balaban J connectivity index is 1.18. The first kappa shape index (κ1) is 20.0. The Bertz CT molecular complexity index is 946. The summed E-state index contributed by atoms with van der Waals surface area (Å²) in [7, 11) is 0. The van der Waals surface area contributed by atoms with Crippen molar-refractivity contribution in [2.24, 2.45) is 0 Å². The molecule has 0 saturated carbocycles. The molecule has 2 aromatic rings. The standard InChI is InChI=1S/C22H25N3O5/c1-14(26)24-15-4-2-5-16(10-15)28-9-3-8-23-12-17-13-29-20-7-6-19-18(22(20)30-17)11-21(27)25-19/h2,4-7,10,17,23H,3,8-9,11-13H2,1H3,(H,24,26)(H,25,27). The molecular weight excluding hydrogens is 386 g/mol. The summed E-state index contributed by atoms with van der Waals surface area (Å²) in [6.45, 7) is 3.91. The summed E-state index contributed by atoms with van der Waals surface area (Å²) in [6, 6.07) is 11.0. The summed E-state index contributed by atoms with van der Waals surface area (Å²) >= 11 is 0. The van der Waals surface area contributed by atoms with Crippen LogP contribution in [-0.2, 0) is 16.0 Å². The molecule has 0 bridgehead atoms. The lowest BCUT2D eigenvalue weighted by Crippen LogP contribution is -2.39. The fraction of sp³-hybridized carbons (Fsp3) is 0.364. The summed E-state index contributed by atoms with van der Waals surface area (Å²) < 4.78 is 17.7. The third kappa shape index (κ3) is 4.83. The minimum Gasteiger partial charge on any atom is -0.493 e. The van der Waals surface area contributed by atoms with Gasteiger partial charge in [-0.15, -0.1) is 0 Å². The number of amides is 2. The molecule has 2 aliphatic heterocycles. The van der Waals surface area contributed by atoms with Crippen molar-refractivity contribution in [1.82, 2.24) is 5.32 Å². The normalized spacial score (nSPS) is 16.6. The van der Waals surface area contributed by atoms with Gasteiger partial charge >= 0.3 is 0 Å². The second kappa shape index (κ2) is 9.04. The van der Waals surface area contributed by atoms with E-state index >= 15 is 0 Å². The van der Waals surface area contributed by atoms with E-state index in [1.54, 1.807) is 6.07 Å². The Kier molecular flexibility index (Phi) is 6.04. The van der Waals surface area contributed by atoms with Gasteiger partial charge in [0.1, 0.15) is 18.5 Å². The highest BCUT2D eigenvalue weighted by Crippen LogP contribution is 2.41. The van der Waals surface area contributed by atoms with Gasteiger partial charge in [-0.3, -0.25) is 9.59 Å². The van der Waals surface area contributed by atoms with Crippen molar-refractivity contribution in [2.75, 3.05) is 36.9 Å². The number of hydrogen-bond acceptors (Lipinski definition) is 6. The number of benzene rings is 2. The second-order valence-corrected chi connectivity index (χ2v) is 7.31. The Morgan fingerprint density at radius 2 is 2.20 bits per heavy atom. The Morgan fingerprint density at radius 3 is 3.07 bits per heavy atom. The maximum absolute atomic E-state index is 11.7. The number of carbonyl (C=O) groups excluding carboxylic acids is 2. The van der Waals surface area contributed by atoms with Gasteiger partial charge in [0.25, 0.3) is 0 Å². The van der Waals surface area contributed by atoms with Crippen LogP contribution in [0.2, 0.25) is 0 Å². The number of rotatable bonds is 8. The van der Waals surface area contributed by atoms with Gasteiger partial charge in [0.05, 0.1) is 13.0 Å². The quantitative estimate of drug-likeness (QED) is 0.577. The molecule has 0 radical (unpaired) electrons. The molecule has 0 saturated heterocycles. The zero-order valence-corrected chi connectivity index (χ0v) is 16.8. The molecule has 1 atom stereocenters. The van der Waals surface area contributed by atoms with Crippen molar-refractivity contribution in [3.05, 3.63) is 42.0 Å². The highest BCUT2D eigenvalue weighted by Gasteiger charge is 2.29. The highest BCUT2D eigenvalue weighted by molar-refractivity contribution is 6.00. The lowest BCUT2D eigenvalue weighted by molar-refractivity contribution is -0.115. The van der Waals surface area contributed by atoms with Crippen LogP contribution >= 0.6 is 0 Å². The van der Waals surface area contributed by atoms with Crippen molar-refractivity contribution >= 4 is 23.2 Å². The molecule has 1 unspecified atom stereocenters. The second-order valence-electron chi connectivity index (χ2n) is 7.31. The molecule has 0 fully saturated rings. The molecule has 0 aliphatic carbocycles. The van der Waals surface area contributed by atoms with Crippen molar-refractivity contribution in [3.8, 4) is 17.2 Å². The molecular formula is C22H25N3O5. The molecule has 0 spiro atoms. The van der Waals surface area contributed by atoms with Gasteiger partial charge in [-0.2, -0.15) is 0 Å². The molecule has 8 heteroatoms. The number of hydrogen-bond donors (Lipinski definition) is 3. The van der Waals surface area contributed by atoms with E-state index in [0.717, 1.165) is 35.7 Å². The van der Waals surface area contributed by atoms with E-state index < -0.39 is 0 Å². The minimum absolute atomic E-state index is 0.0233. The van der Waals surface area contributed by atoms with Crippen LogP contribution in [0.25, 0.3) is 0 Å². The molecule has 30 heavy (non-hydrogen) atoms. The lowest BCUT2D eigenvalue weighted by Gasteiger charge is -2.28. The van der Waals surface area contributed by atoms with E-state index in [2.05, 4.69) is 16.0 Å². The summed E-state index contributed by atoms with van der Waals surface area (Å²) in [6.07, 6.45) is 1.03. The van der Waals surface area contributed by atoms with E-state index in [1.165, 1.54) is 6.92 Å². The van der Waals surface area contributed by atoms with Gasteiger partial charge in [-0.05, 0) is 37.2 Å². The Labute approximate surface area is 174 Å². The third-order valence-corrected chi connectivity index (χ3v) is 4.84. The summed E-state index contributed by atoms with van der Waals surface area (Å²) in [4.78, 5) is 22.8. The topological polar surface area (TPSA) is 97.9 Å². The Hall–Kier alpha value is -3.26. The van der Waals surface area contributed by atoms with Gasteiger partial charge in [0, 0.05) is 36.5 Å². The van der Waals surface area contributed by atoms with Crippen LogP contribution in [0, 0.1) is 0 Å². The summed E-state index contributed by atoms with van der Waals surface area (Å²) in [5.41, 5.74) is 2.39. The predicted molar refractivity (Wildman–Crippen MR) is 112 cm³/mol. The summed E-state index contributed by atoms with van der Waals surface area (Å²) in [5, 5.41) is 8.93. The maximum atomic E-state index is 11.7. The van der Waals surface area contributed by atoms with E-state index in [4.69, 9.17) is 14.2 Å². The molecule has 0 aromatic heterocycles. The van der Waals surface area contributed by atoms with Gasteiger partial charge in [-0.1, -0.05) is 6.07 Å². The third-order valence-electron chi connectivity index (χ3n) is 4.84. The monoisotopic (exact) mass is 411 g/mol. The van der Waals surface area contributed by atoms with Crippen molar-refractivity contribution in [3.63, 3.8) is 0 Å². The van der Waals surface area contributed by atoms with Gasteiger partial charge < -0.3 is 30.2 Å². The molecule has 2 aliphatic rings. The van der Waals surface area contributed by atoms with Crippen molar-refractivity contribution < 1.29 is 23.8 Å². The number of carbonyl (C=O) groups is 2. The average molecular weight is 411 g/mol. The summed E-state index contributed by atoms with van der Waals surface area (Å²) in [5.74, 6) is 1.95. The minimum atomic E-state index is -0.116. The van der Waals surface area contributed by atoms with E-state index in [1.807, 2.05) is 30.3 Å². The molecule has 3 N–H and O–H groups in total. The molecule has 8 nitrogen and oxygen atoms in total. The van der Waals surface area contributed by atoms with Crippen LogP contribution in [0.5, 0.6) is 17.2 Å². The lowest BCUT2D eigenvalue weighted by atomic mass is 10.1. The highest BCUT2D eigenvalue weighted by atomic mass is 16.6. The van der Waals surface area contributed by atoms with Crippen LogP contribution in [0.1, 0.15) is 18.9 Å². The average Bonchev–Trinajstić information content (AvgIpc) is 3.11. The fourth-order valence-corrected chi connectivity index (χ4v) is 3.50. The first-order valence-corrected chi connectivity index (χ1v) is 10.0. The SMILES string of the molecule is CC(=O)Nc1cccc(OCCCNCC2COc3ccc4c(c3O2)CC(=O)N4)c1. The largest absolute Gasteiger partial charge is 0.493 e. The smallest absolute Gasteiger partial charge is 0.229 e. The van der Waals surface area contributed by atoms with E-state index in [0.29, 0.717) is 37.7 Å². The van der Waals surface area contributed by atoms with Crippen LogP contribution in [0.3, 0.4) is 0 Å². The van der Waals surface area contributed by atoms with Gasteiger partial charge in [-0.25, -0.2) is 0 Å². The van der Waals surface area contributed by atoms with Crippen LogP contribution in [-0.4, -0.2) is 44.2 Å². The maximum Gasteiger partial charge on any atom is 0.229 e. The number of nitrogens with one attached hydrogen (secondary N) is 3. The predicted octanol–water partition coefficient (Wildman–Crippen LogP) is 2.34. The molecule has 4 rings (SSSR count). The van der Waals surface area contributed by atoms with E-state index in [9.17, 15) is 9.59 Å². The van der Waals surface area contributed by atoms with Crippen molar-refractivity contribution in [1.29, 1.82) is 0 Å². The van der Waals surface area contributed by atoms with Crippen LogP contribution < -0.4 is 30.2 Å². The zero-order chi connectivity index (χ0) is 20.9. The van der Waals surface area contributed by atoms with Crippen molar-refractivity contribution in [2.45, 2.75) is 25.9 Å². The zero-order valence-electron chi connectivity index (χ0n) is 16.8. The molecule has 2 amide bonds. The van der Waals surface area contributed by atoms with Gasteiger partial charge in [0.2, 0.25) is 11.8 Å². The molecule has 158 valence electrons. The number of anilines is 2. The first-order chi connectivity index (χ1) is 14.6. The number of fused-ring (bicyclic) bond motifs is 3. The van der Waals surface area contributed by atoms with Gasteiger partial charge in [0.15, 0.2) is 11.5 Å². The van der Waals surface area contributed by atoms with E-state index in [-0.39, 0.29) is 17.9 Å².